The van der Waals surface area contributed by atoms with Gasteiger partial charge in [-0.2, -0.15) is 0 Å². The van der Waals surface area contributed by atoms with Gasteiger partial charge in [0.25, 0.3) is 0 Å². The standard InChI is InChI=1S/C7H8ClNO2/c1-7(6(10)11)4-5(8)2-3-9-7/h2-4,9H,1H3,(H,10,11). The molecule has 60 valence electrons. The van der Waals surface area contributed by atoms with Gasteiger partial charge < -0.3 is 10.4 Å². The average Bonchev–Trinajstić information content (AvgIpc) is 1.86. The molecule has 0 fully saturated rings. The second-order valence-electron chi connectivity index (χ2n) is 2.51. The fourth-order valence-electron chi connectivity index (χ4n) is 0.783. The minimum Gasteiger partial charge on any atom is -0.479 e. The lowest BCUT2D eigenvalue weighted by molar-refractivity contribution is -0.141. The van der Waals surface area contributed by atoms with Crippen LogP contribution in [0.1, 0.15) is 6.92 Å². The molecule has 3 nitrogen and oxygen atoms in total. The second kappa shape index (κ2) is 2.58. The summed E-state index contributed by atoms with van der Waals surface area (Å²) in [7, 11) is 0. The van der Waals surface area contributed by atoms with E-state index in [1.54, 1.807) is 13.0 Å². The first kappa shape index (κ1) is 8.14. The predicted octanol–water partition coefficient (Wildman–Crippen LogP) is 1.07. The van der Waals surface area contributed by atoms with Gasteiger partial charge in [0.15, 0.2) is 5.54 Å². The molecule has 0 saturated heterocycles. The Kier molecular flexibility index (Phi) is 1.91. The molecule has 1 heterocycles. The minimum absolute atomic E-state index is 0.439. The average molecular weight is 174 g/mol. The summed E-state index contributed by atoms with van der Waals surface area (Å²) in [5.41, 5.74) is -1.06. The number of rotatable bonds is 1. The molecule has 1 rings (SSSR count). The van der Waals surface area contributed by atoms with Gasteiger partial charge in [-0.25, -0.2) is 4.79 Å². The topological polar surface area (TPSA) is 49.3 Å². The Bertz CT molecular complexity index is 247. The molecule has 1 unspecified atom stereocenters. The lowest BCUT2D eigenvalue weighted by Gasteiger charge is -2.24. The number of carboxylic acids is 1. The van der Waals surface area contributed by atoms with Crippen molar-refractivity contribution >= 4 is 17.6 Å². The highest BCUT2D eigenvalue weighted by Crippen LogP contribution is 2.17. The zero-order chi connectivity index (χ0) is 8.48. The lowest BCUT2D eigenvalue weighted by atomic mass is 10.0. The Morgan fingerprint density at radius 1 is 1.82 bits per heavy atom. The van der Waals surface area contributed by atoms with E-state index in [2.05, 4.69) is 5.32 Å². The lowest BCUT2D eigenvalue weighted by Crippen LogP contribution is -2.46. The maximum atomic E-state index is 10.6. The molecule has 0 saturated carbocycles. The fourth-order valence-corrected chi connectivity index (χ4v) is 1.06. The molecule has 0 spiro atoms. The van der Waals surface area contributed by atoms with Gasteiger partial charge in [-0.05, 0) is 25.3 Å². The van der Waals surface area contributed by atoms with E-state index in [1.807, 2.05) is 0 Å². The van der Waals surface area contributed by atoms with Crippen molar-refractivity contribution in [1.29, 1.82) is 0 Å². The SMILES string of the molecule is CC1(C(=O)O)C=C(Cl)C=CN1. The van der Waals surface area contributed by atoms with Crippen LogP contribution in [0, 0.1) is 0 Å². The number of hydrogen-bond acceptors (Lipinski definition) is 2. The molecule has 0 aromatic heterocycles. The summed E-state index contributed by atoms with van der Waals surface area (Å²) in [5.74, 6) is -0.944. The van der Waals surface area contributed by atoms with Crippen molar-refractivity contribution in [1.82, 2.24) is 5.32 Å². The summed E-state index contributed by atoms with van der Waals surface area (Å²) in [6.07, 6.45) is 4.58. The Morgan fingerprint density at radius 2 is 2.45 bits per heavy atom. The Morgan fingerprint density at radius 3 is 2.82 bits per heavy atom. The fraction of sp³-hybridized carbons (Fsp3) is 0.286. The van der Waals surface area contributed by atoms with E-state index in [-0.39, 0.29) is 0 Å². The summed E-state index contributed by atoms with van der Waals surface area (Å²) in [6, 6.07) is 0. The maximum Gasteiger partial charge on any atom is 0.333 e. The van der Waals surface area contributed by atoms with Crippen LogP contribution < -0.4 is 5.32 Å². The van der Waals surface area contributed by atoms with Crippen LogP contribution in [-0.2, 0) is 4.79 Å². The van der Waals surface area contributed by atoms with Crippen molar-refractivity contribution in [3.8, 4) is 0 Å². The highest BCUT2D eigenvalue weighted by Gasteiger charge is 2.30. The first-order valence-electron chi connectivity index (χ1n) is 3.10. The number of aliphatic carboxylic acids is 1. The molecule has 0 aliphatic carbocycles. The molecule has 0 radical (unpaired) electrons. The zero-order valence-corrected chi connectivity index (χ0v) is 6.72. The van der Waals surface area contributed by atoms with Gasteiger partial charge in [-0.3, -0.25) is 0 Å². The molecule has 1 aliphatic heterocycles. The normalized spacial score (nSPS) is 29.1. The number of carboxylic acid groups (broad SMARTS) is 1. The molecule has 1 atom stereocenters. The van der Waals surface area contributed by atoms with Crippen LogP contribution in [0.5, 0.6) is 0 Å². The summed E-state index contributed by atoms with van der Waals surface area (Å²) in [5, 5.41) is 11.8. The molecular weight excluding hydrogens is 166 g/mol. The van der Waals surface area contributed by atoms with Gasteiger partial charge in [-0.15, -0.1) is 0 Å². The first-order chi connectivity index (χ1) is 5.04. The van der Waals surface area contributed by atoms with Gasteiger partial charge >= 0.3 is 5.97 Å². The molecular formula is C7H8ClNO2. The Balaban J connectivity index is 2.92. The quantitative estimate of drug-likeness (QED) is 0.624. The summed E-state index contributed by atoms with van der Waals surface area (Å²) < 4.78 is 0. The number of dihydropyridines is 1. The largest absolute Gasteiger partial charge is 0.479 e. The van der Waals surface area contributed by atoms with Gasteiger partial charge in [0.05, 0.1) is 0 Å². The van der Waals surface area contributed by atoms with Crippen molar-refractivity contribution in [2.45, 2.75) is 12.5 Å². The van der Waals surface area contributed by atoms with Crippen molar-refractivity contribution in [2.75, 3.05) is 0 Å². The van der Waals surface area contributed by atoms with Crippen molar-refractivity contribution in [2.24, 2.45) is 0 Å². The van der Waals surface area contributed by atoms with Crippen molar-refractivity contribution in [3.63, 3.8) is 0 Å². The summed E-state index contributed by atoms with van der Waals surface area (Å²) in [6.45, 7) is 1.54. The van der Waals surface area contributed by atoms with E-state index in [0.29, 0.717) is 5.03 Å². The Hall–Kier alpha value is -0.960. The van der Waals surface area contributed by atoms with Crippen molar-refractivity contribution < 1.29 is 9.90 Å². The molecule has 2 N–H and O–H groups in total. The van der Waals surface area contributed by atoms with Gasteiger partial charge in [0.2, 0.25) is 0 Å². The smallest absolute Gasteiger partial charge is 0.333 e. The van der Waals surface area contributed by atoms with Crippen LogP contribution in [0.2, 0.25) is 0 Å². The van der Waals surface area contributed by atoms with Gasteiger partial charge in [-0.1, -0.05) is 11.6 Å². The number of carbonyl (C=O) groups is 1. The third-order valence-electron chi connectivity index (χ3n) is 1.50. The monoisotopic (exact) mass is 173 g/mol. The van der Waals surface area contributed by atoms with E-state index in [1.165, 1.54) is 12.3 Å². The first-order valence-corrected chi connectivity index (χ1v) is 3.48. The van der Waals surface area contributed by atoms with E-state index in [4.69, 9.17) is 16.7 Å². The van der Waals surface area contributed by atoms with E-state index in [0.717, 1.165) is 0 Å². The molecule has 0 aromatic carbocycles. The van der Waals surface area contributed by atoms with E-state index < -0.39 is 11.5 Å². The third-order valence-corrected chi connectivity index (χ3v) is 1.73. The van der Waals surface area contributed by atoms with Crippen LogP contribution in [0.15, 0.2) is 23.4 Å². The van der Waals surface area contributed by atoms with E-state index >= 15 is 0 Å². The molecule has 4 heteroatoms. The number of hydrogen-bond donors (Lipinski definition) is 2. The highest BCUT2D eigenvalue weighted by atomic mass is 35.5. The molecule has 0 aromatic rings. The van der Waals surface area contributed by atoms with Crippen LogP contribution >= 0.6 is 11.6 Å². The van der Waals surface area contributed by atoms with Crippen LogP contribution in [-0.4, -0.2) is 16.6 Å². The molecule has 0 bridgehead atoms. The number of halogens is 1. The zero-order valence-electron chi connectivity index (χ0n) is 5.97. The Labute approximate surface area is 69.4 Å². The van der Waals surface area contributed by atoms with Crippen LogP contribution in [0.3, 0.4) is 0 Å². The highest BCUT2D eigenvalue weighted by molar-refractivity contribution is 6.31. The summed E-state index contributed by atoms with van der Waals surface area (Å²) in [4.78, 5) is 10.6. The predicted molar refractivity (Wildman–Crippen MR) is 42.3 cm³/mol. The van der Waals surface area contributed by atoms with Crippen molar-refractivity contribution in [3.05, 3.63) is 23.4 Å². The van der Waals surface area contributed by atoms with Gasteiger partial charge in [0.1, 0.15) is 0 Å². The third kappa shape index (κ3) is 1.54. The molecule has 11 heavy (non-hydrogen) atoms. The second-order valence-corrected chi connectivity index (χ2v) is 2.95. The van der Waals surface area contributed by atoms with Crippen LogP contribution in [0.25, 0.3) is 0 Å². The molecule has 0 amide bonds. The van der Waals surface area contributed by atoms with Gasteiger partial charge in [0, 0.05) is 5.03 Å². The van der Waals surface area contributed by atoms with Crippen LogP contribution in [0.4, 0.5) is 0 Å². The van der Waals surface area contributed by atoms with E-state index in [9.17, 15) is 4.79 Å². The maximum absolute atomic E-state index is 10.6. The number of nitrogens with one attached hydrogen (secondary N) is 1. The molecule has 1 aliphatic rings. The number of allylic oxidation sites excluding steroid dienone is 2. The minimum atomic E-state index is -1.06. The summed E-state index contributed by atoms with van der Waals surface area (Å²) >= 11 is 5.62.